The molecular formula is C11H13N3O3S. The van der Waals surface area contributed by atoms with E-state index in [2.05, 4.69) is 10.3 Å². The van der Waals surface area contributed by atoms with E-state index in [1.807, 2.05) is 0 Å². The number of hydrogen-bond donors (Lipinski definition) is 1. The van der Waals surface area contributed by atoms with Crippen LogP contribution < -0.4 is 5.32 Å². The maximum absolute atomic E-state index is 12.3. The fraction of sp³-hybridized carbons (Fsp3) is 0.364. The van der Waals surface area contributed by atoms with Crippen molar-refractivity contribution in [1.29, 1.82) is 0 Å². The minimum atomic E-state index is -3.61. The number of fused-ring (bicyclic) bond motifs is 1. The Morgan fingerprint density at radius 1 is 1.22 bits per heavy atom. The predicted octanol–water partition coefficient (Wildman–Crippen LogP) is 0.422. The van der Waals surface area contributed by atoms with Gasteiger partial charge in [-0.05, 0) is 12.1 Å². The molecule has 0 aliphatic carbocycles. The van der Waals surface area contributed by atoms with Crippen molar-refractivity contribution in [3.8, 4) is 0 Å². The summed E-state index contributed by atoms with van der Waals surface area (Å²) in [4.78, 5) is 4.04. The highest BCUT2D eigenvalue weighted by Gasteiger charge is 2.30. The van der Waals surface area contributed by atoms with Crippen molar-refractivity contribution < 1.29 is 12.8 Å². The molecule has 6 nitrogen and oxygen atoms in total. The predicted molar refractivity (Wildman–Crippen MR) is 65.6 cm³/mol. The van der Waals surface area contributed by atoms with E-state index in [1.165, 1.54) is 4.31 Å². The molecule has 7 heteroatoms. The number of benzene rings is 1. The summed E-state index contributed by atoms with van der Waals surface area (Å²) >= 11 is 0. The molecule has 1 saturated heterocycles. The molecule has 0 spiro atoms. The normalized spacial score (nSPS) is 18.2. The lowest BCUT2D eigenvalue weighted by Crippen LogP contribution is -2.46. The van der Waals surface area contributed by atoms with Crippen LogP contribution in [0.3, 0.4) is 0 Å². The summed E-state index contributed by atoms with van der Waals surface area (Å²) in [6.07, 6.45) is 0. The number of oxazole rings is 1. The van der Waals surface area contributed by atoms with Crippen molar-refractivity contribution in [3.05, 3.63) is 24.3 Å². The Morgan fingerprint density at radius 2 is 1.94 bits per heavy atom. The highest BCUT2D eigenvalue weighted by Crippen LogP contribution is 2.21. The van der Waals surface area contributed by atoms with Crippen LogP contribution in [0.1, 0.15) is 0 Å². The second-order valence-electron chi connectivity index (χ2n) is 4.10. The average Bonchev–Trinajstić information content (AvgIpc) is 2.84. The zero-order valence-corrected chi connectivity index (χ0v) is 10.5. The van der Waals surface area contributed by atoms with Gasteiger partial charge in [0, 0.05) is 26.2 Å². The van der Waals surface area contributed by atoms with Crippen molar-refractivity contribution in [3.63, 3.8) is 0 Å². The van der Waals surface area contributed by atoms with E-state index in [1.54, 1.807) is 24.3 Å². The van der Waals surface area contributed by atoms with Gasteiger partial charge in [0.2, 0.25) is 0 Å². The molecule has 1 aliphatic heterocycles. The zero-order chi connectivity index (χ0) is 12.6. The van der Waals surface area contributed by atoms with E-state index in [9.17, 15) is 8.42 Å². The van der Waals surface area contributed by atoms with Crippen LogP contribution >= 0.6 is 0 Å². The molecule has 0 saturated carbocycles. The first-order chi connectivity index (χ1) is 8.68. The standard InChI is InChI=1S/C11H13N3O3S/c15-18(16,14-7-5-12-6-8-14)11-13-9-3-1-2-4-10(9)17-11/h1-4,12H,5-8H2. The van der Waals surface area contributed by atoms with Gasteiger partial charge in [-0.25, -0.2) is 8.42 Å². The number of nitrogens with zero attached hydrogens (tertiary/aromatic N) is 2. The van der Waals surface area contributed by atoms with Crippen LogP contribution in [0.4, 0.5) is 0 Å². The van der Waals surface area contributed by atoms with Gasteiger partial charge < -0.3 is 9.73 Å². The van der Waals surface area contributed by atoms with Crippen molar-refractivity contribution in [2.75, 3.05) is 26.2 Å². The molecule has 0 amide bonds. The number of hydrogen-bond acceptors (Lipinski definition) is 5. The van der Waals surface area contributed by atoms with E-state index in [0.717, 1.165) is 0 Å². The summed E-state index contributed by atoms with van der Waals surface area (Å²) in [5, 5.41) is 2.89. The second-order valence-corrected chi connectivity index (χ2v) is 5.92. The van der Waals surface area contributed by atoms with Gasteiger partial charge in [-0.2, -0.15) is 9.29 Å². The van der Waals surface area contributed by atoms with Crippen LogP contribution in [-0.4, -0.2) is 43.9 Å². The lowest BCUT2D eigenvalue weighted by Gasteiger charge is -2.24. The average molecular weight is 267 g/mol. The van der Waals surface area contributed by atoms with E-state index in [0.29, 0.717) is 37.3 Å². The van der Waals surface area contributed by atoms with Gasteiger partial charge in [0.05, 0.1) is 0 Å². The lowest BCUT2D eigenvalue weighted by atomic mass is 10.3. The molecule has 1 fully saturated rings. The molecule has 1 aliphatic rings. The van der Waals surface area contributed by atoms with Crippen LogP contribution in [0.5, 0.6) is 0 Å². The maximum Gasteiger partial charge on any atom is 0.332 e. The quantitative estimate of drug-likeness (QED) is 0.853. The first kappa shape index (κ1) is 11.6. The monoisotopic (exact) mass is 267 g/mol. The SMILES string of the molecule is O=S(=O)(c1nc2ccccc2o1)N1CCNCC1. The van der Waals surface area contributed by atoms with E-state index < -0.39 is 10.0 Å². The second kappa shape index (κ2) is 4.34. The van der Waals surface area contributed by atoms with Crippen LogP contribution in [0.25, 0.3) is 11.1 Å². The van der Waals surface area contributed by atoms with E-state index in [-0.39, 0.29) is 5.22 Å². The molecule has 3 rings (SSSR count). The molecule has 2 aromatic rings. The molecule has 96 valence electrons. The minimum absolute atomic E-state index is 0.217. The Balaban J connectivity index is 2.01. The van der Waals surface area contributed by atoms with Crippen molar-refractivity contribution in [1.82, 2.24) is 14.6 Å². The van der Waals surface area contributed by atoms with Gasteiger partial charge in [-0.3, -0.25) is 0 Å². The van der Waals surface area contributed by atoms with E-state index in [4.69, 9.17) is 4.42 Å². The molecule has 0 atom stereocenters. The maximum atomic E-state index is 12.3. The Labute approximate surface area is 105 Å². The highest BCUT2D eigenvalue weighted by atomic mass is 32.2. The largest absolute Gasteiger partial charge is 0.427 e. The Bertz CT molecular complexity index is 626. The summed E-state index contributed by atoms with van der Waals surface area (Å²) in [5.74, 6) is 0. The zero-order valence-electron chi connectivity index (χ0n) is 9.67. The highest BCUT2D eigenvalue weighted by molar-refractivity contribution is 7.88. The van der Waals surface area contributed by atoms with Gasteiger partial charge in [0.15, 0.2) is 5.58 Å². The van der Waals surface area contributed by atoms with Crippen LogP contribution in [0.2, 0.25) is 0 Å². The fourth-order valence-electron chi connectivity index (χ4n) is 1.96. The van der Waals surface area contributed by atoms with Gasteiger partial charge in [-0.15, -0.1) is 0 Å². The van der Waals surface area contributed by atoms with Crippen molar-refractivity contribution in [2.45, 2.75) is 5.22 Å². The Hall–Kier alpha value is -1.44. The molecule has 1 aromatic carbocycles. The van der Waals surface area contributed by atoms with Crippen LogP contribution in [-0.2, 0) is 10.0 Å². The smallest absolute Gasteiger partial charge is 0.332 e. The lowest BCUT2D eigenvalue weighted by molar-refractivity contribution is 0.342. The molecule has 1 N–H and O–H groups in total. The number of rotatable bonds is 2. The van der Waals surface area contributed by atoms with Gasteiger partial charge in [0.25, 0.3) is 10.0 Å². The van der Waals surface area contributed by atoms with Gasteiger partial charge in [-0.1, -0.05) is 12.1 Å². The van der Waals surface area contributed by atoms with Gasteiger partial charge in [0.1, 0.15) is 5.52 Å². The molecule has 0 bridgehead atoms. The number of piperazine rings is 1. The fourth-order valence-corrected chi connectivity index (χ4v) is 3.25. The number of aromatic nitrogens is 1. The molecule has 0 radical (unpaired) electrons. The third-order valence-corrected chi connectivity index (χ3v) is 4.57. The van der Waals surface area contributed by atoms with Crippen LogP contribution in [0, 0.1) is 0 Å². The Morgan fingerprint density at radius 3 is 2.67 bits per heavy atom. The number of sulfonamides is 1. The summed E-state index contributed by atoms with van der Waals surface area (Å²) in [5.41, 5.74) is 1.05. The topological polar surface area (TPSA) is 75.4 Å². The summed E-state index contributed by atoms with van der Waals surface area (Å²) < 4.78 is 31.3. The Kier molecular flexibility index (Phi) is 2.81. The third-order valence-electron chi connectivity index (χ3n) is 2.91. The minimum Gasteiger partial charge on any atom is -0.427 e. The van der Waals surface area contributed by atoms with Gasteiger partial charge >= 0.3 is 5.22 Å². The first-order valence-electron chi connectivity index (χ1n) is 5.74. The summed E-state index contributed by atoms with van der Waals surface area (Å²) in [6.45, 7) is 2.20. The molecule has 1 aromatic heterocycles. The van der Waals surface area contributed by atoms with E-state index >= 15 is 0 Å². The summed E-state index contributed by atoms with van der Waals surface area (Å²) in [7, 11) is -3.61. The molecular weight excluding hydrogens is 254 g/mol. The van der Waals surface area contributed by atoms with Crippen LogP contribution in [0.15, 0.2) is 33.9 Å². The molecule has 2 heterocycles. The summed E-state index contributed by atoms with van der Waals surface area (Å²) in [6, 6.07) is 7.02. The van der Waals surface area contributed by atoms with Crippen molar-refractivity contribution >= 4 is 21.1 Å². The third kappa shape index (κ3) is 1.90. The first-order valence-corrected chi connectivity index (χ1v) is 7.18. The molecule has 0 unspecified atom stereocenters. The number of nitrogens with one attached hydrogen (secondary N) is 1. The van der Waals surface area contributed by atoms with Crippen molar-refractivity contribution in [2.24, 2.45) is 0 Å². The molecule has 18 heavy (non-hydrogen) atoms. The number of para-hydroxylation sites is 2.